The van der Waals surface area contributed by atoms with E-state index in [1.807, 2.05) is 0 Å². The molecule has 0 aromatic heterocycles. The summed E-state index contributed by atoms with van der Waals surface area (Å²) in [6.07, 6.45) is 10.6. The topological polar surface area (TPSA) is 46.2 Å². The lowest BCUT2D eigenvalue weighted by molar-refractivity contribution is 0.122. The van der Waals surface area contributed by atoms with Crippen molar-refractivity contribution < 1.29 is 5.11 Å². The molecule has 0 aromatic carbocycles. The van der Waals surface area contributed by atoms with Crippen LogP contribution in [-0.2, 0) is 0 Å². The van der Waals surface area contributed by atoms with Gasteiger partial charge in [0.05, 0.1) is 6.10 Å². The third-order valence-electron chi connectivity index (χ3n) is 3.34. The normalized spacial score (nSPS) is 15.2. The Hall–Kier alpha value is -0.0800. The lowest BCUT2D eigenvalue weighted by Gasteiger charge is -2.20. The lowest BCUT2D eigenvalue weighted by Crippen LogP contribution is -2.35. The summed E-state index contributed by atoms with van der Waals surface area (Å²) in [5.74, 6) is 0.577. The SMILES string of the molecule is CCCCCCCCC[C@@H](O)[C@@H](N)CC(C)C. The molecule has 2 heteroatoms. The first kappa shape index (κ1) is 16.9. The Balaban J connectivity index is 3.35. The van der Waals surface area contributed by atoms with E-state index >= 15 is 0 Å². The molecule has 0 aromatic rings. The van der Waals surface area contributed by atoms with Crippen LogP contribution >= 0.6 is 0 Å². The Bertz CT molecular complexity index is 159. The highest BCUT2D eigenvalue weighted by Gasteiger charge is 2.15. The van der Waals surface area contributed by atoms with Gasteiger partial charge in [-0.1, -0.05) is 65.7 Å². The summed E-state index contributed by atoms with van der Waals surface area (Å²) in [6, 6.07) is -0.0323. The summed E-state index contributed by atoms with van der Waals surface area (Å²) in [5.41, 5.74) is 5.95. The van der Waals surface area contributed by atoms with Gasteiger partial charge in [-0.05, 0) is 18.8 Å². The summed E-state index contributed by atoms with van der Waals surface area (Å²) in [6.45, 7) is 6.55. The molecule has 3 N–H and O–H groups in total. The molecule has 17 heavy (non-hydrogen) atoms. The van der Waals surface area contributed by atoms with Gasteiger partial charge in [0, 0.05) is 6.04 Å². The monoisotopic (exact) mass is 243 g/mol. The van der Waals surface area contributed by atoms with Crippen molar-refractivity contribution in [1.29, 1.82) is 0 Å². The minimum atomic E-state index is -0.298. The molecule has 0 aliphatic rings. The highest BCUT2D eigenvalue weighted by molar-refractivity contribution is 4.72. The molecule has 0 aliphatic heterocycles. The number of aliphatic hydroxyl groups is 1. The molecule has 0 bridgehead atoms. The van der Waals surface area contributed by atoms with Gasteiger partial charge in [-0.25, -0.2) is 0 Å². The highest BCUT2D eigenvalue weighted by Crippen LogP contribution is 2.13. The molecule has 0 rings (SSSR count). The second-order valence-corrected chi connectivity index (χ2v) is 5.77. The van der Waals surface area contributed by atoms with E-state index in [1.54, 1.807) is 0 Å². The zero-order valence-corrected chi connectivity index (χ0v) is 12.1. The molecule has 0 heterocycles. The van der Waals surface area contributed by atoms with Gasteiger partial charge in [0.1, 0.15) is 0 Å². The fourth-order valence-electron chi connectivity index (χ4n) is 2.23. The third kappa shape index (κ3) is 10.8. The second-order valence-electron chi connectivity index (χ2n) is 5.77. The highest BCUT2D eigenvalue weighted by atomic mass is 16.3. The van der Waals surface area contributed by atoms with Crippen molar-refractivity contribution in [3.05, 3.63) is 0 Å². The maximum atomic E-state index is 9.88. The molecule has 0 amide bonds. The summed E-state index contributed by atoms with van der Waals surface area (Å²) in [4.78, 5) is 0. The number of unbranched alkanes of at least 4 members (excludes halogenated alkanes) is 6. The van der Waals surface area contributed by atoms with E-state index in [-0.39, 0.29) is 12.1 Å². The van der Waals surface area contributed by atoms with E-state index < -0.39 is 0 Å². The molecule has 2 nitrogen and oxygen atoms in total. The van der Waals surface area contributed by atoms with Gasteiger partial charge < -0.3 is 10.8 Å². The Morgan fingerprint density at radius 2 is 1.47 bits per heavy atom. The molecular formula is C15H33NO. The van der Waals surface area contributed by atoms with Gasteiger partial charge in [0.15, 0.2) is 0 Å². The van der Waals surface area contributed by atoms with Gasteiger partial charge >= 0.3 is 0 Å². The van der Waals surface area contributed by atoms with Crippen molar-refractivity contribution in [2.45, 2.75) is 90.7 Å². The van der Waals surface area contributed by atoms with E-state index in [1.165, 1.54) is 38.5 Å². The maximum absolute atomic E-state index is 9.88. The average Bonchev–Trinajstić information content (AvgIpc) is 2.26. The van der Waals surface area contributed by atoms with Crippen molar-refractivity contribution in [2.24, 2.45) is 11.7 Å². The molecule has 104 valence electrons. The van der Waals surface area contributed by atoms with Crippen molar-refractivity contribution >= 4 is 0 Å². The van der Waals surface area contributed by atoms with Crippen LogP contribution in [0, 0.1) is 5.92 Å². The van der Waals surface area contributed by atoms with Crippen LogP contribution in [0.4, 0.5) is 0 Å². The van der Waals surface area contributed by atoms with Gasteiger partial charge in [-0.15, -0.1) is 0 Å². The molecule has 0 unspecified atom stereocenters. The predicted octanol–water partition coefficient (Wildman–Crippen LogP) is 3.86. The van der Waals surface area contributed by atoms with Crippen molar-refractivity contribution in [2.75, 3.05) is 0 Å². The smallest absolute Gasteiger partial charge is 0.0691 e. The number of nitrogens with two attached hydrogens (primary N) is 1. The Morgan fingerprint density at radius 3 is 2.00 bits per heavy atom. The van der Waals surface area contributed by atoms with Crippen LogP contribution in [0.15, 0.2) is 0 Å². The van der Waals surface area contributed by atoms with Gasteiger partial charge in [-0.3, -0.25) is 0 Å². The van der Waals surface area contributed by atoms with Crippen LogP contribution in [0.5, 0.6) is 0 Å². The first-order valence-corrected chi connectivity index (χ1v) is 7.51. The van der Waals surface area contributed by atoms with Gasteiger partial charge in [0.2, 0.25) is 0 Å². The minimum Gasteiger partial charge on any atom is -0.392 e. The molecule has 2 atom stereocenters. The second kappa shape index (κ2) is 11.0. The first-order valence-electron chi connectivity index (χ1n) is 7.51. The fraction of sp³-hybridized carbons (Fsp3) is 1.00. The minimum absolute atomic E-state index is 0.0323. The van der Waals surface area contributed by atoms with E-state index in [2.05, 4.69) is 20.8 Å². The molecule has 0 saturated heterocycles. The van der Waals surface area contributed by atoms with Crippen molar-refractivity contribution in [3.8, 4) is 0 Å². The predicted molar refractivity (Wildman–Crippen MR) is 76.0 cm³/mol. The third-order valence-corrected chi connectivity index (χ3v) is 3.34. The van der Waals surface area contributed by atoms with E-state index in [4.69, 9.17) is 5.73 Å². The van der Waals surface area contributed by atoms with Crippen LogP contribution in [-0.4, -0.2) is 17.3 Å². The molecule has 0 aliphatic carbocycles. The van der Waals surface area contributed by atoms with Crippen LogP contribution < -0.4 is 5.73 Å². The Labute approximate surface area is 108 Å². The zero-order chi connectivity index (χ0) is 13.1. The summed E-state index contributed by atoms with van der Waals surface area (Å²) < 4.78 is 0. The van der Waals surface area contributed by atoms with E-state index in [0.717, 1.165) is 19.3 Å². The summed E-state index contributed by atoms with van der Waals surface area (Å²) in [7, 11) is 0. The van der Waals surface area contributed by atoms with Gasteiger partial charge in [0.25, 0.3) is 0 Å². The Kier molecular flexibility index (Phi) is 11.0. The van der Waals surface area contributed by atoms with Crippen LogP contribution in [0.3, 0.4) is 0 Å². The fourth-order valence-corrected chi connectivity index (χ4v) is 2.23. The largest absolute Gasteiger partial charge is 0.392 e. The standard InChI is InChI=1S/C15H33NO/c1-4-5-6-7-8-9-10-11-15(17)14(16)12-13(2)3/h13-15,17H,4-12,16H2,1-3H3/t14-,15+/m0/s1. The number of hydrogen-bond donors (Lipinski definition) is 2. The van der Waals surface area contributed by atoms with Crippen molar-refractivity contribution in [3.63, 3.8) is 0 Å². The molecule has 0 radical (unpaired) electrons. The van der Waals surface area contributed by atoms with Gasteiger partial charge in [-0.2, -0.15) is 0 Å². The van der Waals surface area contributed by atoms with E-state index in [0.29, 0.717) is 5.92 Å². The molecular weight excluding hydrogens is 210 g/mol. The number of aliphatic hydroxyl groups excluding tert-OH is 1. The lowest BCUT2D eigenvalue weighted by atomic mass is 9.96. The zero-order valence-electron chi connectivity index (χ0n) is 12.1. The summed E-state index contributed by atoms with van der Waals surface area (Å²) in [5, 5.41) is 9.88. The molecule has 0 saturated carbocycles. The van der Waals surface area contributed by atoms with Crippen LogP contribution in [0.25, 0.3) is 0 Å². The number of rotatable bonds is 11. The quantitative estimate of drug-likeness (QED) is 0.541. The molecule has 0 fully saturated rings. The van der Waals surface area contributed by atoms with Crippen molar-refractivity contribution in [1.82, 2.24) is 0 Å². The molecule has 0 spiro atoms. The van der Waals surface area contributed by atoms with Crippen LogP contribution in [0.1, 0.15) is 78.6 Å². The van der Waals surface area contributed by atoms with Crippen LogP contribution in [0.2, 0.25) is 0 Å². The maximum Gasteiger partial charge on any atom is 0.0691 e. The first-order chi connectivity index (χ1) is 8.07. The summed E-state index contributed by atoms with van der Waals surface area (Å²) >= 11 is 0. The van der Waals surface area contributed by atoms with E-state index in [9.17, 15) is 5.11 Å². The average molecular weight is 243 g/mol. The Morgan fingerprint density at radius 1 is 0.941 bits per heavy atom. The number of hydrogen-bond acceptors (Lipinski definition) is 2.